The Morgan fingerprint density at radius 2 is 1.36 bits per heavy atom. The van der Waals surface area contributed by atoms with E-state index in [1.165, 1.54) is 30.3 Å². The van der Waals surface area contributed by atoms with Gasteiger partial charge < -0.3 is 0 Å². The number of hydrogen-bond donors (Lipinski definition) is 4. The molecule has 33 heavy (non-hydrogen) atoms. The van der Waals surface area contributed by atoms with Gasteiger partial charge in [-0.2, -0.15) is 0 Å². The highest BCUT2D eigenvalue weighted by atomic mass is 35.5. The summed E-state index contributed by atoms with van der Waals surface area (Å²) in [6.45, 7) is 0. The van der Waals surface area contributed by atoms with Gasteiger partial charge >= 0.3 is 5.69 Å². The number of carbonyl (C=O) groups excluding carboxylic acids is 2. The molecule has 3 rings (SSSR count). The van der Waals surface area contributed by atoms with Crippen molar-refractivity contribution in [1.82, 2.24) is 20.8 Å². The Kier molecular flexibility index (Phi) is 6.90. The van der Waals surface area contributed by atoms with Crippen LogP contribution in [0.3, 0.4) is 0 Å². The number of nitrogens with one attached hydrogen (secondary N) is 4. The van der Waals surface area contributed by atoms with Crippen LogP contribution < -0.4 is 21.7 Å². The first-order chi connectivity index (χ1) is 15.8. The standard InChI is InChI=1S/C18H13ClN8O6/c19-12-5-1-3-10(7-12)17(28)24-22-15-14(27(32)33)16(21-9-20-15)23-25-18(29)11-4-2-6-13(8-11)26(30)31/h1-9H,(H,24,28)(H,25,29)(H2,20,21,22,23). The molecule has 15 heteroatoms. The second-order valence-corrected chi connectivity index (χ2v) is 6.59. The lowest BCUT2D eigenvalue weighted by Crippen LogP contribution is -2.32. The summed E-state index contributed by atoms with van der Waals surface area (Å²) in [6.07, 6.45) is 0.947. The number of halogens is 1. The van der Waals surface area contributed by atoms with Crippen molar-refractivity contribution >= 4 is 46.4 Å². The van der Waals surface area contributed by atoms with E-state index in [0.717, 1.165) is 12.4 Å². The number of rotatable bonds is 8. The number of carbonyl (C=O) groups is 2. The first-order valence-electron chi connectivity index (χ1n) is 8.88. The molecule has 0 atom stereocenters. The molecule has 0 bridgehead atoms. The third kappa shape index (κ3) is 5.65. The smallest absolute Gasteiger partial charge is 0.276 e. The number of hydrazine groups is 2. The van der Waals surface area contributed by atoms with Crippen LogP contribution in [0.25, 0.3) is 0 Å². The minimum absolute atomic E-state index is 0.0689. The van der Waals surface area contributed by atoms with Crippen LogP contribution in [0.2, 0.25) is 5.02 Å². The van der Waals surface area contributed by atoms with Gasteiger partial charge in [-0.3, -0.25) is 51.5 Å². The molecule has 1 heterocycles. The number of anilines is 2. The molecule has 3 aromatic rings. The average molecular weight is 473 g/mol. The van der Waals surface area contributed by atoms with Gasteiger partial charge in [0, 0.05) is 28.3 Å². The summed E-state index contributed by atoms with van der Waals surface area (Å²) in [5, 5.41) is 22.7. The summed E-state index contributed by atoms with van der Waals surface area (Å²) in [5.41, 5.74) is 8.14. The van der Waals surface area contributed by atoms with Gasteiger partial charge in [0.2, 0.25) is 11.6 Å². The Morgan fingerprint density at radius 1 is 0.818 bits per heavy atom. The molecule has 14 nitrogen and oxygen atoms in total. The summed E-state index contributed by atoms with van der Waals surface area (Å²) in [6, 6.07) is 10.9. The van der Waals surface area contributed by atoms with Crippen LogP contribution >= 0.6 is 11.6 Å². The molecule has 2 aromatic carbocycles. The number of non-ortho nitro benzene ring substituents is 1. The number of amides is 2. The number of nitrogens with zero attached hydrogens (tertiary/aromatic N) is 4. The van der Waals surface area contributed by atoms with Gasteiger partial charge in [-0.25, -0.2) is 9.97 Å². The Balaban J connectivity index is 1.74. The predicted octanol–water partition coefficient (Wildman–Crippen LogP) is 2.46. The van der Waals surface area contributed by atoms with Crippen LogP contribution in [-0.2, 0) is 0 Å². The van der Waals surface area contributed by atoms with E-state index in [-0.39, 0.29) is 22.6 Å². The van der Waals surface area contributed by atoms with E-state index >= 15 is 0 Å². The second-order valence-electron chi connectivity index (χ2n) is 6.15. The van der Waals surface area contributed by atoms with Gasteiger partial charge in [-0.1, -0.05) is 23.7 Å². The highest BCUT2D eigenvalue weighted by Gasteiger charge is 2.24. The fourth-order valence-electron chi connectivity index (χ4n) is 2.50. The first-order valence-corrected chi connectivity index (χ1v) is 9.26. The normalized spacial score (nSPS) is 10.1. The highest BCUT2D eigenvalue weighted by Crippen LogP contribution is 2.28. The number of aromatic nitrogens is 2. The van der Waals surface area contributed by atoms with Crippen LogP contribution in [0.15, 0.2) is 54.9 Å². The predicted molar refractivity (Wildman–Crippen MR) is 115 cm³/mol. The van der Waals surface area contributed by atoms with E-state index in [2.05, 4.69) is 31.7 Å². The van der Waals surface area contributed by atoms with E-state index in [4.69, 9.17) is 11.6 Å². The maximum Gasteiger partial charge on any atom is 0.356 e. The van der Waals surface area contributed by atoms with Crippen molar-refractivity contribution in [2.24, 2.45) is 0 Å². The summed E-state index contributed by atoms with van der Waals surface area (Å²) in [7, 11) is 0. The molecule has 2 amide bonds. The first kappa shape index (κ1) is 22.8. The minimum atomic E-state index is -0.838. The fourth-order valence-corrected chi connectivity index (χ4v) is 2.69. The monoisotopic (exact) mass is 472 g/mol. The number of benzene rings is 2. The topological polar surface area (TPSA) is 194 Å². The summed E-state index contributed by atoms with van der Waals surface area (Å²) < 4.78 is 0. The summed E-state index contributed by atoms with van der Waals surface area (Å²) in [4.78, 5) is 52.8. The van der Waals surface area contributed by atoms with Gasteiger partial charge in [-0.15, -0.1) is 0 Å². The zero-order valence-corrected chi connectivity index (χ0v) is 17.1. The van der Waals surface area contributed by atoms with Crippen LogP contribution in [0.1, 0.15) is 20.7 Å². The van der Waals surface area contributed by atoms with Crippen molar-refractivity contribution in [3.05, 3.63) is 91.2 Å². The molecule has 0 aliphatic carbocycles. The largest absolute Gasteiger partial charge is 0.356 e. The number of nitro groups is 2. The maximum atomic E-state index is 12.3. The molecule has 0 saturated heterocycles. The molecule has 0 spiro atoms. The number of nitro benzene ring substituents is 1. The molecule has 0 radical (unpaired) electrons. The van der Waals surface area contributed by atoms with E-state index in [9.17, 15) is 29.8 Å². The van der Waals surface area contributed by atoms with Crippen molar-refractivity contribution in [2.75, 3.05) is 10.9 Å². The average Bonchev–Trinajstić information content (AvgIpc) is 2.80. The van der Waals surface area contributed by atoms with Crippen molar-refractivity contribution in [3.8, 4) is 0 Å². The summed E-state index contributed by atoms with van der Waals surface area (Å²) >= 11 is 5.84. The molecular formula is C18H13ClN8O6. The summed E-state index contributed by atoms with van der Waals surface area (Å²) in [5.74, 6) is -2.24. The molecule has 0 saturated carbocycles. The Bertz CT molecular complexity index is 1250. The highest BCUT2D eigenvalue weighted by molar-refractivity contribution is 6.31. The SMILES string of the molecule is O=C(NNc1ncnc(NNC(=O)c2cccc([N+](=O)[O-])c2)c1[N+](=O)[O-])c1cccc(Cl)c1. The van der Waals surface area contributed by atoms with Gasteiger partial charge in [-0.05, 0) is 24.3 Å². The van der Waals surface area contributed by atoms with Gasteiger partial charge in [0.1, 0.15) is 6.33 Å². The lowest BCUT2D eigenvalue weighted by molar-refractivity contribution is -0.384. The lowest BCUT2D eigenvalue weighted by Gasteiger charge is -2.11. The van der Waals surface area contributed by atoms with Crippen LogP contribution in [0, 0.1) is 20.2 Å². The van der Waals surface area contributed by atoms with E-state index in [1.54, 1.807) is 12.1 Å². The third-order valence-electron chi connectivity index (χ3n) is 4.00. The molecule has 0 unspecified atom stereocenters. The Morgan fingerprint density at radius 3 is 1.88 bits per heavy atom. The van der Waals surface area contributed by atoms with Crippen molar-refractivity contribution in [1.29, 1.82) is 0 Å². The zero-order valence-electron chi connectivity index (χ0n) is 16.3. The van der Waals surface area contributed by atoms with Crippen LogP contribution in [0.5, 0.6) is 0 Å². The zero-order chi connectivity index (χ0) is 24.0. The molecular weight excluding hydrogens is 460 g/mol. The van der Waals surface area contributed by atoms with Gasteiger partial charge in [0.25, 0.3) is 17.5 Å². The van der Waals surface area contributed by atoms with E-state index in [0.29, 0.717) is 5.02 Å². The molecule has 4 N–H and O–H groups in total. The lowest BCUT2D eigenvalue weighted by atomic mass is 10.2. The molecule has 0 aliphatic heterocycles. The second kappa shape index (κ2) is 9.97. The number of hydrogen-bond acceptors (Lipinski definition) is 10. The quantitative estimate of drug-likeness (QED) is 0.279. The maximum absolute atomic E-state index is 12.3. The molecule has 168 valence electrons. The van der Waals surface area contributed by atoms with Gasteiger partial charge in [0.15, 0.2) is 0 Å². The fraction of sp³-hybridized carbons (Fsp3) is 0. The minimum Gasteiger partial charge on any atom is -0.276 e. The Hall–Kier alpha value is -4.85. The Labute approximate surface area is 189 Å². The molecule has 0 fully saturated rings. The van der Waals surface area contributed by atoms with Crippen molar-refractivity contribution in [2.45, 2.75) is 0 Å². The third-order valence-corrected chi connectivity index (χ3v) is 4.23. The van der Waals surface area contributed by atoms with Gasteiger partial charge in [0.05, 0.1) is 9.85 Å². The van der Waals surface area contributed by atoms with Crippen LogP contribution in [0.4, 0.5) is 23.0 Å². The molecule has 1 aromatic heterocycles. The van der Waals surface area contributed by atoms with Crippen molar-refractivity contribution in [3.63, 3.8) is 0 Å². The molecule has 0 aliphatic rings. The van der Waals surface area contributed by atoms with Crippen LogP contribution in [-0.4, -0.2) is 31.6 Å². The van der Waals surface area contributed by atoms with E-state index < -0.39 is 33.2 Å². The van der Waals surface area contributed by atoms with Crippen molar-refractivity contribution < 1.29 is 19.4 Å². The van der Waals surface area contributed by atoms with E-state index in [1.807, 2.05) is 0 Å².